The Morgan fingerprint density at radius 1 is 0.316 bits per heavy atom. The van der Waals surface area contributed by atoms with Gasteiger partial charge in [0, 0.05) is 16.7 Å². The molecule has 0 saturated heterocycles. The molecule has 1 spiro atoms. The van der Waals surface area contributed by atoms with E-state index >= 15 is 0 Å². The second-order valence-electron chi connectivity index (χ2n) is 14.6. The van der Waals surface area contributed by atoms with Crippen molar-refractivity contribution in [2.24, 2.45) is 0 Å². The fourth-order valence-corrected chi connectivity index (χ4v) is 8.98. The van der Waals surface area contributed by atoms with Crippen molar-refractivity contribution in [3.8, 4) is 78.7 Å². The Morgan fingerprint density at radius 2 is 0.667 bits per heavy atom. The second-order valence-corrected chi connectivity index (χ2v) is 14.6. The Hall–Kier alpha value is -7.74. The standard InChI is InChI=1S/C53H32N4/c1-54-41-28-24-35(25-29-41)40-27-31-45-44-30-26-39(32-48(44)53(49(45)33-40)46-18-10-8-16-42(46)43-17-9-11-19-47(43)53)34-20-22-38(23-21-34)52-56-50(36-12-4-2-5-13-36)55-51(57-52)37-14-6-3-7-15-37/h2-33H. The van der Waals surface area contributed by atoms with Crippen molar-refractivity contribution >= 4 is 5.69 Å². The molecule has 11 rings (SSSR count). The van der Waals surface area contributed by atoms with Crippen LogP contribution >= 0.6 is 0 Å². The third kappa shape index (κ3) is 5.10. The molecule has 4 nitrogen and oxygen atoms in total. The molecular weight excluding hydrogens is 693 g/mol. The van der Waals surface area contributed by atoms with E-state index in [0.29, 0.717) is 23.2 Å². The summed E-state index contributed by atoms with van der Waals surface area (Å²) in [6.45, 7) is 7.46. The monoisotopic (exact) mass is 724 g/mol. The molecule has 0 bridgehead atoms. The molecule has 0 aliphatic heterocycles. The number of fused-ring (bicyclic) bond motifs is 10. The zero-order valence-corrected chi connectivity index (χ0v) is 30.8. The van der Waals surface area contributed by atoms with Gasteiger partial charge in [0.15, 0.2) is 23.2 Å². The summed E-state index contributed by atoms with van der Waals surface area (Å²) in [6, 6.07) is 68.4. The Morgan fingerprint density at radius 3 is 1.12 bits per heavy atom. The summed E-state index contributed by atoms with van der Waals surface area (Å²) in [5, 5.41) is 0. The maximum atomic E-state index is 7.46. The fraction of sp³-hybridized carbons (Fsp3) is 0.0189. The first-order valence-corrected chi connectivity index (χ1v) is 19.1. The van der Waals surface area contributed by atoms with E-state index in [-0.39, 0.29) is 0 Å². The van der Waals surface area contributed by atoms with E-state index in [0.717, 1.165) is 38.9 Å². The summed E-state index contributed by atoms with van der Waals surface area (Å²) < 4.78 is 0. The SMILES string of the molecule is [C-]#[N+]c1ccc(-c2ccc3c(c2)C2(c4ccccc4-c4ccccc42)c2cc(-c4ccc(-c5nc(-c6ccccc6)nc(-c6ccccc6)n5)cc4)ccc2-3)cc1. The van der Waals surface area contributed by atoms with Crippen molar-refractivity contribution in [1.82, 2.24) is 15.0 Å². The van der Waals surface area contributed by atoms with Crippen LogP contribution in [-0.2, 0) is 5.41 Å². The quantitative estimate of drug-likeness (QED) is 0.166. The zero-order valence-electron chi connectivity index (χ0n) is 30.8. The molecule has 2 aliphatic carbocycles. The molecule has 0 atom stereocenters. The number of hydrogen-bond donors (Lipinski definition) is 0. The smallest absolute Gasteiger partial charge is 0.187 e. The van der Waals surface area contributed by atoms with Crippen LogP contribution in [0.25, 0.3) is 83.5 Å². The van der Waals surface area contributed by atoms with Gasteiger partial charge in [0.2, 0.25) is 0 Å². The van der Waals surface area contributed by atoms with E-state index in [4.69, 9.17) is 21.5 Å². The minimum absolute atomic E-state index is 0.493. The molecule has 57 heavy (non-hydrogen) atoms. The molecule has 1 aromatic heterocycles. The Kier molecular flexibility index (Phi) is 7.42. The van der Waals surface area contributed by atoms with Gasteiger partial charge >= 0.3 is 0 Å². The predicted molar refractivity (Wildman–Crippen MR) is 230 cm³/mol. The Labute approximate surface area is 331 Å². The van der Waals surface area contributed by atoms with Crippen LogP contribution in [0.4, 0.5) is 5.69 Å². The van der Waals surface area contributed by atoms with Crippen LogP contribution in [0.2, 0.25) is 0 Å². The van der Waals surface area contributed by atoms with Gasteiger partial charge in [0.25, 0.3) is 0 Å². The van der Waals surface area contributed by atoms with Crippen LogP contribution in [0.3, 0.4) is 0 Å². The number of nitrogens with zero attached hydrogens (tertiary/aromatic N) is 4. The van der Waals surface area contributed by atoms with E-state index in [2.05, 4.69) is 126 Å². The van der Waals surface area contributed by atoms with Gasteiger partial charge in [-0.15, -0.1) is 0 Å². The summed E-state index contributed by atoms with van der Waals surface area (Å²) in [5.41, 5.74) is 17.7. The number of hydrogen-bond acceptors (Lipinski definition) is 3. The van der Waals surface area contributed by atoms with Crippen LogP contribution in [0.5, 0.6) is 0 Å². The molecular formula is C53H32N4. The average molecular weight is 725 g/mol. The lowest BCUT2D eigenvalue weighted by atomic mass is 9.70. The highest BCUT2D eigenvalue weighted by Gasteiger charge is 2.51. The van der Waals surface area contributed by atoms with Crippen LogP contribution < -0.4 is 0 Å². The average Bonchev–Trinajstić information content (AvgIpc) is 3.76. The maximum Gasteiger partial charge on any atom is 0.187 e. The normalized spacial score (nSPS) is 12.7. The highest BCUT2D eigenvalue weighted by Crippen LogP contribution is 2.63. The van der Waals surface area contributed by atoms with E-state index in [9.17, 15) is 0 Å². The van der Waals surface area contributed by atoms with Crippen LogP contribution in [0.15, 0.2) is 194 Å². The molecule has 0 N–H and O–H groups in total. The van der Waals surface area contributed by atoms with Gasteiger partial charge in [0.1, 0.15) is 0 Å². The molecule has 2 aliphatic rings. The number of aromatic nitrogens is 3. The first-order valence-electron chi connectivity index (χ1n) is 19.1. The molecule has 9 aromatic rings. The summed E-state index contributed by atoms with van der Waals surface area (Å²) >= 11 is 0. The Balaban J connectivity index is 1.05. The van der Waals surface area contributed by atoms with Gasteiger partial charge in [-0.25, -0.2) is 19.8 Å². The fourth-order valence-electron chi connectivity index (χ4n) is 8.98. The zero-order chi connectivity index (χ0) is 37.9. The minimum atomic E-state index is -0.493. The third-order valence-corrected chi connectivity index (χ3v) is 11.6. The third-order valence-electron chi connectivity index (χ3n) is 11.6. The van der Waals surface area contributed by atoms with Crippen molar-refractivity contribution in [2.45, 2.75) is 5.41 Å². The largest absolute Gasteiger partial charge is 0.238 e. The highest BCUT2D eigenvalue weighted by molar-refractivity contribution is 5.97. The van der Waals surface area contributed by atoms with Gasteiger partial charge < -0.3 is 0 Å². The molecule has 1 heterocycles. The minimum Gasteiger partial charge on any atom is -0.238 e. The van der Waals surface area contributed by atoms with E-state index < -0.39 is 5.41 Å². The molecule has 8 aromatic carbocycles. The van der Waals surface area contributed by atoms with Crippen molar-refractivity contribution in [2.75, 3.05) is 0 Å². The van der Waals surface area contributed by atoms with Crippen molar-refractivity contribution in [3.05, 3.63) is 228 Å². The lowest BCUT2D eigenvalue weighted by Crippen LogP contribution is -2.26. The number of benzene rings is 8. The predicted octanol–water partition coefficient (Wildman–Crippen LogP) is 13.1. The molecule has 0 saturated carbocycles. The highest BCUT2D eigenvalue weighted by atomic mass is 15.0. The molecule has 0 amide bonds. The second kappa shape index (κ2) is 12.9. The van der Waals surface area contributed by atoms with Crippen LogP contribution in [0, 0.1) is 6.57 Å². The van der Waals surface area contributed by atoms with E-state index in [1.54, 1.807) is 0 Å². The maximum absolute atomic E-state index is 7.46. The van der Waals surface area contributed by atoms with Gasteiger partial charge in [-0.2, -0.15) is 0 Å². The van der Waals surface area contributed by atoms with Gasteiger partial charge in [0.05, 0.1) is 12.0 Å². The van der Waals surface area contributed by atoms with Crippen molar-refractivity contribution < 1.29 is 0 Å². The van der Waals surface area contributed by atoms with Crippen molar-refractivity contribution in [1.29, 1.82) is 0 Å². The number of rotatable bonds is 5. The molecule has 0 radical (unpaired) electrons. The molecule has 0 unspecified atom stereocenters. The van der Waals surface area contributed by atoms with Crippen LogP contribution in [-0.4, -0.2) is 15.0 Å². The molecule has 4 heteroatoms. The first-order chi connectivity index (χ1) is 28.2. The van der Waals surface area contributed by atoms with E-state index in [1.165, 1.54) is 44.5 Å². The van der Waals surface area contributed by atoms with E-state index in [1.807, 2.05) is 72.8 Å². The summed E-state index contributed by atoms with van der Waals surface area (Å²) in [4.78, 5) is 18.4. The van der Waals surface area contributed by atoms with Crippen molar-refractivity contribution in [3.63, 3.8) is 0 Å². The Bertz CT molecular complexity index is 2950. The summed E-state index contributed by atoms with van der Waals surface area (Å²) in [5.74, 6) is 1.93. The summed E-state index contributed by atoms with van der Waals surface area (Å²) in [6.07, 6.45) is 0. The van der Waals surface area contributed by atoms with Crippen LogP contribution in [0.1, 0.15) is 22.3 Å². The van der Waals surface area contributed by atoms with Gasteiger partial charge in [-0.1, -0.05) is 182 Å². The lowest BCUT2D eigenvalue weighted by Gasteiger charge is -2.31. The topological polar surface area (TPSA) is 43.0 Å². The van der Waals surface area contributed by atoms with Gasteiger partial charge in [-0.05, 0) is 78.9 Å². The summed E-state index contributed by atoms with van der Waals surface area (Å²) in [7, 11) is 0. The molecule has 0 fully saturated rings. The molecule has 264 valence electrons. The lowest BCUT2D eigenvalue weighted by molar-refractivity contribution is 0.794. The van der Waals surface area contributed by atoms with Gasteiger partial charge in [-0.3, -0.25) is 0 Å². The first kappa shape index (κ1) is 32.7.